The molecule has 1 aromatic carbocycles. The Morgan fingerprint density at radius 3 is 2.59 bits per heavy atom. The summed E-state index contributed by atoms with van der Waals surface area (Å²) >= 11 is 1.44. The van der Waals surface area contributed by atoms with Gasteiger partial charge in [-0.3, -0.25) is 14.5 Å². The number of nitriles is 1. The second-order valence-electron chi connectivity index (χ2n) is 10.2. The van der Waals surface area contributed by atoms with Crippen molar-refractivity contribution in [2.75, 3.05) is 32.4 Å². The van der Waals surface area contributed by atoms with E-state index in [-0.39, 0.29) is 30.3 Å². The number of aliphatic imine (C=N–C) groups is 1. The van der Waals surface area contributed by atoms with Crippen molar-refractivity contribution in [3.8, 4) is 6.07 Å². The van der Waals surface area contributed by atoms with Crippen LogP contribution in [0.2, 0.25) is 0 Å². The monoisotopic (exact) mass is 559 g/mol. The normalized spacial score (nSPS) is 19.9. The van der Waals surface area contributed by atoms with E-state index in [4.69, 9.17) is 0 Å². The molecule has 0 aliphatic carbocycles. The van der Waals surface area contributed by atoms with Crippen LogP contribution < -0.4 is 5.32 Å². The van der Waals surface area contributed by atoms with Crippen LogP contribution >= 0.6 is 11.8 Å². The smallest absolute Gasteiger partial charge is 0.351 e. The van der Waals surface area contributed by atoms with Crippen molar-refractivity contribution in [2.24, 2.45) is 16.8 Å². The molecule has 2 aromatic rings. The molecule has 3 heterocycles. The zero-order valence-corrected chi connectivity index (χ0v) is 23.2. The summed E-state index contributed by atoms with van der Waals surface area (Å²) in [5, 5.41) is 13.3. The van der Waals surface area contributed by atoms with E-state index in [2.05, 4.69) is 16.4 Å². The summed E-state index contributed by atoms with van der Waals surface area (Å²) in [5.74, 6) is -1.15. The molecule has 0 saturated carbocycles. The number of nitrogens with zero attached hydrogens (tertiary/aromatic N) is 4. The molecule has 4 rings (SSSR count). The highest BCUT2D eigenvalue weighted by atomic mass is 32.2. The number of alkyl halides is 3. The van der Waals surface area contributed by atoms with Gasteiger partial charge in [-0.15, -0.1) is 11.8 Å². The number of nitrogens with one attached hydrogen (secondary N) is 1. The lowest BCUT2D eigenvalue weighted by molar-refractivity contribution is -0.149. The van der Waals surface area contributed by atoms with Gasteiger partial charge in [-0.1, -0.05) is 6.07 Å². The van der Waals surface area contributed by atoms with Crippen molar-refractivity contribution in [1.82, 2.24) is 14.8 Å². The third-order valence-electron chi connectivity index (χ3n) is 7.73. The number of allylic oxidation sites excluding steroid dienone is 1. The van der Waals surface area contributed by atoms with Crippen LogP contribution in [0.5, 0.6) is 0 Å². The second kappa shape index (κ2) is 11.6. The minimum Gasteiger partial charge on any atom is -0.351 e. The van der Waals surface area contributed by atoms with E-state index < -0.39 is 18.6 Å². The van der Waals surface area contributed by atoms with Crippen molar-refractivity contribution in [3.05, 3.63) is 46.0 Å². The summed E-state index contributed by atoms with van der Waals surface area (Å²) in [4.78, 5) is 32.5. The number of carbonyl (C=O) groups excluding carboxylic acids is 2. The quantitative estimate of drug-likeness (QED) is 0.501. The van der Waals surface area contributed by atoms with Gasteiger partial charge in [0.15, 0.2) is 0 Å². The van der Waals surface area contributed by atoms with E-state index in [9.17, 15) is 28.0 Å². The van der Waals surface area contributed by atoms with E-state index in [1.165, 1.54) is 16.7 Å². The summed E-state index contributed by atoms with van der Waals surface area (Å²) < 4.78 is 40.6. The number of aromatic nitrogens is 1. The van der Waals surface area contributed by atoms with Gasteiger partial charge in [0.25, 0.3) is 11.8 Å². The number of dihydropyridines is 1. The molecule has 1 aromatic heterocycles. The lowest BCUT2D eigenvalue weighted by atomic mass is 9.90. The van der Waals surface area contributed by atoms with Crippen LogP contribution in [0.4, 0.5) is 13.2 Å². The fourth-order valence-electron chi connectivity index (χ4n) is 5.82. The average Bonchev–Trinajstić information content (AvgIpc) is 3.18. The molecule has 0 spiro atoms. The van der Waals surface area contributed by atoms with Crippen molar-refractivity contribution in [2.45, 2.75) is 45.8 Å². The number of hydrogen-bond donors (Lipinski definition) is 1. The number of thioether (sulfide) groups is 1. The lowest BCUT2D eigenvalue weighted by Gasteiger charge is -2.36. The molecular weight excluding hydrogens is 527 g/mol. The fourth-order valence-corrected chi connectivity index (χ4v) is 6.58. The maximum Gasteiger partial charge on any atom is 0.401 e. The van der Waals surface area contributed by atoms with Crippen LogP contribution in [0.1, 0.15) is 54.3 Å². The molecule has 1 fully saturated rings. The standard InChI is InChI=1S/C28H32F3N5O2S/c1-16-12-23(39-4)21(26(37)34-16)14-33-27(38)24-18(3)36(22-7-5-6-20(13-32)25(22)24)17(2)19-8-10-35(11-9-19)15-28(29,30)31/h5-7,12,17,19,21H,8-11,14-15H2,1-4H3,(H,33,38)/t17-,21?/m1/s1. The Hall–Kier alpha value is -3.10. The van der Waals surface area contributed by atoms with Crippen molar-refractivity contribution in [1.29, 1.82) is 5.26 Å². The number of amides is 2. The molecule has 11 heteroatoms. The van der Waals surface area contributed by atoms with Crippen LogP contribution in [-0.2, 0) is 4.79 Å². The zero-order valence-electron chi connectivity index (χ0n) is 22.4. The van der Waals surface area contributed by atoms with Crippen LogP contribution in [0.25, 0.3) is 10.9 Å². The first-order chi connectivity index (χ1) is 18.4. The number of likely N-dealkylation sites (tertiary alicyclic amines) is 1. The molecule has 2 amide bonds. The Labute approximate surface area is 230 Å². The largest absolute Gasteiger partial charge is 0.401 e. The molecule has 39 heavy (non-hydrogen) atoms. The number of fused-ring (bicyclic) bond motifs is 1. The molecule has 208 valence electrons. The first-order valence-corrected chi connectivity index (χ1v) is 14.1. The number of piperidine rings is 1. The summed E-state index contributed by atoms with van der Waals surface area (Å²) in [5.41, 5.74) is 2.79. The summed E-state index contributed by atoms with van der Waals surface area (Å²) in [6, 6.07) is 7.40. The highest BCUT2D eigenvalue weighted by Crippen LogP contribution is 2.37. The molecule has 2 aliphatic heterocycles. The van der Waals surface area contributed by atoms with Crippen LogP contribution in [0.3, 0.4) is 0 Å². The van der Waals surface area contributed by atoms with Gasteiger partial charge in [-0.2, -0.15) is 18.4 Å². The summed E-state index contributed by atoms with van der Waals surface area (Å²) in [7, 11) is 0. The Morgan fingerprint density at radius 1 is 1.28 bits per heavy atom. The Morgan fingerprint density at radius 2 is 1.97 bits per heavy atom. The van der Waals surface area contributed by atoms with Gasteiger partial charge in [-0.25, -0.2) is 4.99 Å². The molecule has 1 N–H and O–H groups in total. The van der Waals surface area contributed by atoms with Gasteiger partial charge in [0.05, 0.1) is 35.2 Å². The number of rotatable bonds is 7. The molecular formula is C28H32F3N5O2S. The third-order valence-corrected chi connectivity index (χ3v) is 8.60. The Bertz CT molecular complexity index is 1380. The molecule has 2 atom stereocenters. The summed E-state index contributed by atoms with van der Waals surface area (Å²) in [6.45, 7) is 5.49. The van der Waals surface area contributed by atoms with Gasteiger partial charge >= 0.3 is 6.18 Å². The topological polar surface area (TPSA) is 90.5 Å². The predicted octanol–water partition coefficient (Wildman–Crippen LogP) is 5.25. The van der Waals surface area contributed by atoms with Gasteiger partial charge in [0.1, 0.15) is 0 Å². The zero-order chi connectivity index (χ0) is 28.5. The fraction of sp³-hybridized carbons (Fsp3) is 0.500. The minimum atomic E-state index is -4.22. The Balaban J connectivity index is 1.62. The van der Waals surface area contributed by atoms with Gasteiger partial charge in [0, 0.05) is 34.3 Å². The first kappa shape index (κ1) is 28.9. The average molecular weight is 560 g/mol. The lowest BCUT2D eigenvalue weighted by Crippen LogP contribution is -2.41. The molecule has 1 saturated heterocycles. The number of halogens is 3. The third kappa shape index (κ3) is 6.07. The van der Waals surface area contributed by atoms with E-state index >= 15 is 0 Å². The maximum atomic E-state index is 13.6. The molecule has 2 aliphatic rings. The van der Waals surface area contributed by atoms with E-state index in [1.54, 1.807) is 19.1 Å². The van der Waals surface area contributed by atoms with Crippen LogP contribution in [-0.4, -0.2) is 65.6 Å². The Kier molecular flexibility index (Phi) is 8.57. The van der Waals surface area contributed by atoms with E-state index in [0.29, 0.717) is 53.8 Å². The van der Waals surface area contributed by atoms with Gasteiger partial charge < -0.3 is 9.88 Å². The highest BCUT2D eigenvalue weighted by molar-refractivity contribution is 8.02. The summed E-state index contributed by atoms with van der Waals surface area (Å²) in [6.07, 6.45) is 0.697. The maximum absolute atomic E-state index is 13.6. The molecule has 7 nitrogen and oxygen atoms in total. The molecule has 1 unspecified atom stereocenters. The van der Waals surface area contributed by atoms with Crippen LogP contribution in [0, 0.1) is 30.1 Å². The second-order valence-corrected chi connectivity index (χ2v) is 11.1. The number of benzene rings is 1. The van der Waals surface area contributed by atoms with Crippen molar-refractivity contribution < 1.29 is 22.8 Å². The van der Waals surface area contributed by atoms with E-state index in [1.807, 2.05) is 36.8 Å². The predicted molar refractivity (Wildman–Crippen MR) is 147 cm³/mol. The van der Waals surface area contributed by atoms with Gasteiger partial charge in [0.2, 0.25) is 0 Å². The molecule has 0 bridgehead atoms. The van der Waals surface area contributed by atoms with Crippen molar-refractivity contribution in [3.63, 3.8) is 0 Å². The minimum absolute atomic E-state index is 0.0785. The number of carbonyl (C=O) groups is 2. The first-order valence-electron chi connectivity index (χ1n) is 12.9. The number of hydrogen-bond acceptors (Lipinski definition) is 5. The van der Waals surface area contributed by atoms with Gasteiger partial charge in [-0.05, 0) is 77.1 Å². The highest BCUT2D eigenvalue weighted by Gasteiger charge is 2.35. The van der Waals surface area contributed by atoms with E-state index in [0.717, 1.165) is 10.4 Å². The molecule has 0 radical (unpaired) electrons. The van der Waals surface area contributed by atoms with Crippen LogP contribution in [0.15, 0.2) is 34.2 Å². The van der Waals surface area contributed by atoms with Crippen molar-refractivity contribution >= 4 is 40.2 Å². The SMILES string of the molecule is CSC1=CC(C)=NC(=O)C1CNC(=O)c1c(C)n([C@H](C)C2CCN(CC(F)(F)F)CC2)c2cccc(C#N)c12.